The van der Waals surface area contributed by atoms with E-state index in [9.17, 15) is 0 Å². The minimum absolute atomic E-state index is 0.266. The van der Waals surface area contributed by atoms with Crippen LogP contribution in [-0.2, 0) is 5.41 Å². The van der Waals surface area contributed by atoms with Crippen LogP contribution in [0.3, 0.4) is 0 Å². The van der Waals surface area contributed by atoms with Crippen LogP contribution in [0.4, 0.5) is 34.1 Å². The summed E-state index contributed by atoms with van der Waals surface area (Å²) in [5.41, 5.74) is 23.3. The van der Waals surface area contributed by atoms with Gasteiger partial charge in [0, 0.05) is 77.2 Å². The summed E-state index contributed by atoms with van der Waals surface area (Å²) in [7, 11) is 0. The highest BCUT2D eigenvalue weighted by molar-refractivity contribution is 7.00. The number of nitrogens with zero attached hydrogens (tertiary/aromatic N) is 4. The van der Waals surface area contributed by atoms with Crippen LogP contribution >= 0.6 is 0 Å². The summed E-state index contributed by atoms with van der Waals surface area (Å²) in [6.07, 6.45) is 0. The Bertz CT molecular complexity index is 6360. The molecule has 4 aromatic heterocycles. The fourth-order valence-electron chi connectivity index (χ4n) is 17.5. The maximum Gasteiger partial charge on any atom is 0.252 e. The molecule has 0 saturated heterocycles. The first-order valence-electron chi connectivity index (χ1n) is 34.7. The molecule has 6 heterocycles. The van der Waals surface area contributed by atoms with Crippen LogP contribution < -0.4 is 26.2 Å². The molecule has 21 rings (SSSR count). The molecule has 0 bridgehead atoms. The van der Waals surface area contributed by atoms with Crippen molar-refractivity contribution in [3.8, 4) is 22.3 Å². The summed E-state index contributed by atoms with van der Waals surface area (Å²) < 4.78 is 5.24. The van der Waals surface area contributed by atoms with E-state index < -0.39 is 0 Å². The van der Waals surface area contributed by atoms with Gasteiger partial charge >= 0.3 is 0 Å². The SMILES string of the molecule is CC(C)(C)c1cc2c3c(c1)N(c1ccc(-c4ccccc4)cc1)c1cc4c(cc1B3c1cc3c5ccccc5c5ccccc5c5cccc6c7ccccc7n(c3cc1N2c1ccc(-c2ccccc2)cc1)c56)c1ccccc1c1ccccc1c1cccc2c3ccccc3n4c12. The van der Waals surface area contributed by atoms with E-state index >= 15 is 0 Å². The summed E-state index contributed by atoms with van der Waals surface area (Å²) in [6.45, 7) is 6.87. The molecule has 99 heavy (non-hydrogen) atoms. The monoisotopic (exact) mass is 1260 g/mol. The van der Waals surface area contributed by atoms with E-state index in [1.54, 1.807) is 0 Å². The molecule has 0 radical (unpaired) electrons. The van der Waals surface area contributed by atoms with Crippen LogP contribution in [0.2, 0.25) is 0 Å². The third-order valence-corrected chi connectivity index (χ3v) is 22.0. The fraction of sp³-hybridized carbons (Fsp3) is 0.0426. The second-order valence-corrected chi connectivity index (χ2v) is 28.3. The van der Waals surface area contributed by atoms with Gasteiger partial charge in [-0.15, -0.1) is 0 Å². The molecule has 19 aromatic rings. The van der Waals surface area contributed by atoms with Crippen molar-refractivity contribution >= 4 is 177 Å². The molecule has 0 saturated carbocycles. The lowest BCUT2D eigenvalue weighted by Gasteiger charge is -2.45. The number of hydrogen-bond acceptors (Lipinski definition) is 2. The topological polar surface area (TPSA) is 15.3 Å². The van der Waals surface area contributed by atoms with Gasteiger partial charge in [0.2, 0.25) is 0 Å². The van der Waals surface area contributed by atoms with Gasteiger partial charge < -0.3 is 18.6 Å². The van der Waals surface area contributed by atoms with Crippen LogP contribution in [0.15, 0.2) is 328 Å². The largest absolute Gasteiger partial charge is 0.311 e. The molecule has 0 unspecified atom stereocenters. The van der Waals surface area contributed by atoms with E-state index in [1.807, 2.05) is 0 Å². The summed E-state index contributed by atoms with van der Waals surface area (Å²) in [5, 5.41) is 19.3. The number of anilines is 6. The van der Waals surface area contributed by atoms with Crippen LogP contribution in [0.25, 0.3) is 142 Å². The first-order chi connectivity index (χ1) is 48.8. The lowest BCUT2D eigenvalue weighted by atomic mass is 9.33. The summed E-state index contributed by atoms with van der Waals surface area (Å²) in [5.74, 6) is 0. The van der Waals surface area contributed by atoms with Crippen molar-refractivity contribution in [2.45, 2.75) is 26.2 Å². The van der Waals surface area contributed by atoms with Gasteiger partial charge in [0.25, 0.3) is 6.71 Å². The minimum Gasteiger partial charge on any atom is -0.311 e. The van der Waals surface area contributed by atoms with E-state index in [-0.39, 0.29) is 12.1 Å². The lowest BCUT2D eigenvalue weighted by Crippen LogP contribution is -2.61. The Hall–Kier alpha value is -12.4. The van der Waals surface area contributed by atoms with E-state index in [1.165, 1.54) is 164 Å². The average molecular weight is 1260 g/mol. The van der Waals surface area contributed by atoms with Gasteiger partial charge in [0.1, 0.15) is 0 Å². The average Bonchev–Trinajstić information content (AvgIpc) is 1.54. The maximum absolute atomic E-state index is 2.64. The molecule has 0 fully saturated rings. The predicted molar refractivity (Wildman–Crippen MR) is 425 cm³/mol. The lowest BCUT2D eigenvalue weighted by molar-refractivity contribution is 0.590. The second kappa shape index (κ2) is 21.0. The van der Waals surface area contributed by atoms with Gasteiger partial charge in [0.05, 0.1) is 33.1 Å². The molecule has 5 heteroatoms. The van der Waals surface area contributed by atoms with Crippen LogP contribution in [-0.4, -0.2) is 15.5 Å². The van der Waals surface area contributed by atoms with Crippen molar-refractivity contribution in [1.82, 2.24) is 8.80 Å². The Morgan fingerprint density at radius 1 is 0.232 bits per heavy atom. The number of fused-ring (bicyclic) bond motifs is 24. The molecule has 15 aromatic carbocycles. The smallest absolute Gasteiger partial charge is 0.252 e. The molecular weight excluding hydrogens is 1200 g/mol. The van der Waals surface area contributed by atoms with E-state index in [2.05, 4.69) is 367 Å². The van der Waals surface area contributed by atoms with Crippen molar-refractivity contribution in [3.05, 3.63) is 333 Å². The van der Waals surface area contributed by atoms with Crippen molar-refractivity contribution in [1.29, 1.82) is 0 Å². The zero-order chi connectivity index (χ0) is 65.4. The highest BCUT2D eigenvalue weighted by Crippen LogP contribution is 2.50. The third-order valence-electron chi connectivity index (χ3n) is 22.0. The summed E-state index contributed by atoms with van der Waals surface area (Å²) in [4.78, 5) is 5.28. The Morgan fingerprint density at radius 2 is 0.525 bits per heavy atom. The molecular formula is C94H63BN4. The van der Waals surface area contributed by atoms with Crippen molar-refractivity contribution in [2.24, 2.45) is 0 Å². The van der Waals surface area contributed by atoms with Gasteiger partial charge in [-0.25, -0.2) is 0 Å². The zero-order valence-electron chi connectivity index (χ0n) is 55.0. The van der Waals surface area contributed by atoms with E-state index in [0.29, 0.717) is 0 Å². The molecule has 2 aliphatic heterocycles. The van der Waals surface area contributed by atoms with Gasteiger partial charge in [-0.3, -0.25) is 0 Å². The maximum atomic E-state index is 2.64. The minimum atomic E-state index is -0.272. The molecule has 0 spiro atoms. The zero-order valence-corrected chi connectivity index (χ0v) is 55.0. The number of benzene rings is 15. The highest BCUT2D eigenvalue weighted by Gasteiger charge is 2.45. The van der Waals surface area contributed by atoms with Gasteiger partial charge in [-0.1, -0.05) is 288 Å². The third kappa shape index (κ3) is 8.10. The van der Waals surface area contributed by atoms with E-state index in [4.69, 9.17) is 0 Å². The Labute approximate surface area is 573 Å². The fourth-order valence-corrected chi connectivity index (χ4v) is 17.5. The van der Waals surface area contributed by atoms with Crippen LogP contribution in [0, 0.1) is 0 Å². The number of rotatable bonds is 4. The molecule has 0 amide bonds. The van der Waals surface area contributed by atoms with Crippen LogP contribution in [0.5, 0.6) is 0 Å². The van der Waals surface area contributed by atoms with E-state index in [0.717, 1.165) is 33.8 Å². The van der Waals surface area contributed by atoms with Crippen molar-refractivity contribution in [3.63, 3.8) is 0 Å². The van der Waals surface area contributed by atoms with Gasteiger partial charge in [-0.2, -0.15) is 0 Å². The Kier molecular flexibility index (Phi) is 11.9. The normalized spacial score (nSPS) is 12.9. The first kappa shape index (κ1) is 55.8. The van der Waals surface area contributed by atoms with Gasteiger partial charge in [0.15, 0.2) is 0 Å². The molecule has 462 valence electrons. The first-order valence-corrected chi connectivity index (χ1v) is 34.7. The molecule has 0 aliphatic carbocycles. The number of hydrogen-bond donors (Lipinski definition) is 0. The standard InChI is InChI=1S/C94H63BN4/c1-94(2,3)62-52-89-91-90(53-62)97(64-50-46-61(47-51-64)59-26-8-5-9-27-59)88-57-86-80(72-35-17-13-31-68(72)66-29-11-15-33-70(66)76-39-23-41-78-74-37-19-21-43-84(74)99(86)93(76)78)55-82(88)95(91)81-54-79-71-34-16-12-30-67(71)65-28-10-14-32-69(65)75-38-22-40-77-73-36-18-20-42-83(73)98(92(75)77)85(79)56-87(81)96(89)63-48-44-60(45-49-63)58-24-6-4-7-25-58/h4-57H,1-3H3. The Balaban J connectivity index is 0.995. The Morgan fingerprint density at radius 3 is 0.889 bits per heavy atom. The summed E-state index contributed by atoms with van der Waals surface area (Å²) in [6, 6.07) is 125. The quantitative estimate of drug-likeness (QED) is 0.163. The number of aromatic nitrogens is 2. The molecule has 0 atom stereocenters. The van der Waals surface area contributed by atoms with Crippen molar-refractivity contribution < 1.29 is 0 Å². The molecule has 2 aliphatic rings. The highest BCUT2D eigenvalue weighted by atomic mass is 15.2. The van der Waals surface area contributed by atoms with Crippen molar-refractivity contribution in [2.75, 3.05) is 9.80 Å². The summed E-state index contributed by atoms with van der Waals surface area (Å²) >= 11 is 0. The molecule has 4 nitrogen and oxygen atoms in total. The van der Waals surface area contributed by atoms with Gasteiger partial charge in [-0.05, 0) is 153 Å². The predicted octanol–water partition coefficient (Wildman–Crippen LogP) is 23.6. The van der Waals surface area contributed by atoms with Crippen LogP contribution in [0.1, 0.15) is 26.3 Å². The number of para-hydroxylation sites is 4. The second-order valence-electron chi connectivity index (χ2n) is 28.3. The molecule has 0 N–H and O–H groups in total.